The van der Waals surface area contributed by atoms with Gasteiger partial charge in [-0.15, -0.1) is 0 Å². The van der Waals surface area contributed by atoms with E-state index in [1.807, 2.05) is 14.1 Å². The first-order valence-corrected chi connectivity index (χ1v) is 10.2. The fraction of sp³-hybridized carbons (Fsp3) is 0.320. The summed E-state index contributed by atoms with van der Waals surface area (Å²) in [5.74, 6) is 0.107. The molecule has 1 saturated heterocycles. The van der Waals surface area contributed by atoms with Crippen molar-refractivity contribution in [2.45, 2.75) is 31.3 Å². The standard InChI is InChI=1S/C25H29N3O/c1-24(2)21-10-5-6-11-22(21)28-18-16-23(29)26-25(24,28)17-8-7-9-19-12-14-20(15-13-19)27(3)4/h5-15,17H,16,18H2,1-4H3,(H,26,29)/b9-7+,17-8+/t25-/m0/s1. The number of nitrogens with one attached hydrogen (secondary N) is 1. The van der Waals surface area contributed by atoms with Gasteiger partial charge >= 0.3 is 0 Å². The molecule has 2 aliphatic heterocycles. The molecule has 4 heteroatoms. The van der Waals surface area contributed by atoms with Crippen LogP contribution in [0.2, 0.25) is 0 Å². The highest BCUT2D eigenvalue weighted by molar-refractivity contribution is 5.84. The lowest BCUT2D eigenvalue weighted by Crippen LogP contribution is -2.68. The summed E-state index contributed by atoms with van der Waals surface area (Å²) in [5.41, 5.74) is 4.03. The Balaban J connectivity index is 1.63. The average molecular weight is 388 g/mol. The molecule has 1 fully saturated rings. The van der Waals surface area contributed by atoms with Crippen molar-refractivity contribution in [3.8, 4) is 0 Å². The number of amides is 1. The van der Waals surface area contributed by atoms with Crippen LogP contribution in [0.25, 0.3) is 6.08 Å². The highest BCUT2D eigenvalue weighted by Crippen LogP contribution is 2.52. The predicted octanol–water partition coefficient (Wildman–Crippen LogP) is 4.34. The number of fused-ring (bicyclic) bond motifs is 3. The van der Waals surface area contributed by atoms with E-state index in [9.17, 15) is 4.79 Å². The zero-order valence-corrected chi connectivity index (χ0v) is 17.6. The summed E-state index contributed by atoms with van der Waals surface area (Å²) in [7, 11) is 4.08. The number of anilines is 2. The number of carbonyl (C=O) groups is 1. The number of allylic oxidation sites excluding steroid dienone is 2. The Morgan fingerprint density at radius 1 is 1.03 bits per heavy atom. The van der Waals surface area contributed by atoms with Crippen molar-refractivity contribution in [1.82, 2.24) is 5.32 Å². The summed E-state index contributed by atoms with van der Waals surface area (Å²) in [5, 5.41) is 3.31. The van der Waals surface area contributed by atoms with Crippen molar-refractivity contribution < 1.29 is 4.79 Å². The Morgan fingerprint density at radius 3 is 2.48 bits per heavy atom. The Morgan fingerprint density at radius 2 is 1.76 bits per heavy atom. The minimum absolute atomic E-state index is 0.107. The molecule has 29 heavy (non-hydrogen) atoms. The van der Waals surface area contributed by atoms with E-state index >= 15 is 0 Å². The molecule has 4 rings (SSSR count). The first-order valence-electron chi connectivity index (χ1n) is 10.2. The van der Waals surface area contributed by atoms with Gasteiger partial charge in [0.2, 0.25) is 5.91 Å². The molecule has 0 spiro atoms. The smallest absolute Gasteiger partial charge is 0.223 e. The molecule has 1 N–H and O–H groups in total. The zero-order chi connectivity index (χ0) is 20.6. The average Bonchev–Trinajstić information content (AvgIpc) is 2.90. The second-order valence-electron chi connectivity index (χ2n) is 8.56. The van der Waals surface area contributed by atoms with Crippen LogP contribution in [-0.2, 0) is 10.2 Å². The van der Waals surface area contributed by atoms with Gasteiger partial charge in [0.15, 0.2) is 0 Å². The van der Waals surface area contributed by atoms with Crippen LogP contribution in [0, 0.1) is 0 Å². The Labute approximate surface area is 173 Å². The molecule has 1 amide bonds. The van der Waals surface area contributed by atoms with Crippen LogP contribution >= 0.6 is 0 Å². The first-order chi connectivity index (χ1) is 13.8. The van der Waals surface area contributed by atoms with Crippen molar-refractivity contribution in [2.75, 3.05) is 30.4 Å². The molecule has 0 radical (unpaired) electrons. The van der Waals surface area contributed by atoms with Gasteiger partial charge in [-0.1, -0.05) is 62.4 Å². The maximum absolute atomic E-state index is 12.4. The van der Waals surface area contributed by atoms with Gasteiger partial charge in [-0.05, 0) is 35.4 Å². The highest BCUT2D eigenvalue weighted by atomic mass is 16.2. The lowest BCUT2D eigenvalue weighted by atomic mass is 9.74. The molecule has 150 valence electrons. The van der Waals surface area contributed by atoms with E-state index in [1.165, 1.54) is 16.9 Å². The van der Waals surface area contributed by atoms with Crippen LogP contribution in [0.5, 0.6) is 0 Å². The molecule has 1 atom stereocenters. The minimum atomic E-state index is -0.550. The molecular formula is C25H29N3O. The third kappa shape index (κ3) is 3.13. The van der Waals surface area contributed by atoms with Crippen molar-refractivity contribution in [3.05, 3.63) is 77.9 Å². The van der Waals surface area contributed by atoms with E-state index in [0.29, 0.717) is 6.42 Å². The van der Waals surface area contributed by atoms with Crippen LogP contribution in [-0.4, -0.2) is 32.2 Å². The number of para-hydroxylation sites is 1. The van der Waals surface area contributed by atoms with E-state index in [0.717, 1.165) is 12.1 Å². The summed E-state index contributed by atoms with van der Waals surface area (Å²) >= 11 is 0. The zero-order valence-electron chi connectivity index (χ0n) is 17.6. The molecule has 0 saturated carbocycles. The van der Waals surface area contributed by atoms with Crippen molar-refractivity contribution in [2.24, 2.45) is 0 Å². The molecule has 2 aromatic carbocycles. The van der Waals surface area contributed by atoms with Gasteiger partial charge < -0.3 is 15.1 Å². The fourth-order valence-corrected chi connectivity index (χ4v) is 4.56. The summed E-state index contributed by atoms with van der Waals surface area (Å²) in [6.45, 7) is 5.16. The van der Waals surface area contributed by atoms with Crippen molar-refractivity contribution in [1.29, 1.82) is 0 Å². The third-order valence-electron chi connectivity index (χ3n) is 6.29. The predicted molar refractivity (Wildman–Crippen MR) is 121 cm³/mol. The Bertz CT molecular complexity index is 972. The summed E-state index contributed by atoms with van der Waals surface area (Å²) < 4.78 is 0. The van der Waals surface area contributed by atoms with E-state index in [2.05, 4.69) is 102 Å². The van der Waals surface area contributed by atoms with Crippen LogP contribution in [0.4, 0.5) is 11.4 Å². The van der Waals surface area contributed by atoms with Gasteiger partial charge in [0.05, 0.1) is 0 Å². The summed E-state index contributed by atoms with van der Waals surface area (Å²) in [6.07, 6.45) is 8.88. The number of nitrogens with zero attached hydrogens (tertiary/aromatic N) is 2. The SMILES string of the molecule is CN(C)c1ccc(/C=C/C=C/[C@]23NC(=O)CCN2c2ccccc2C3(C)C)cc1. The van der Waals surface area contributed by atoms with E-state index in [1.54, 1.807) is 0 Å². The number of rotatable bonds is 4. The van der Waals surface area contributed by atoms with Crippen LogP contribution in [0.3, 0.4) is 0 Å². The largest absolute Gasteiger partial charge is 0.378 e. The lowest BCUT2D eigenvalue weighted by Gasteiger charge is -2.49. The van der Waals surface area contributed by atoms with E-state index < -0.39 is 5.66 Å². The Kier molecular flexibility index (Phi) is 4.73. The fourth-order valence-electron chi connectivity index (χ4n) is 4.56. The molecule has 2 aliphatic rings. The molecule has 0 aliphatic carbocycles. The van der Waals surface area contributed by atoms with Gasteiger partial charge in [0, 0.05) is 43.9 Å². The molecule has 0 aromatic heterocycles. The lowest BCUT2D eigenvalue weighted by molar-refractivity contribution is -0.124. The Hall–Kier alpha value is -3.01. The minimum Gasteiger partial charge on any atom is -0.378 e. The van der Waals surface area contributed by atoms with E-state index in [-0.39, 0.29) is 11.3 Å². The molecule has 2 aromatic rings. The molecule has 0 bridgehead atoms. The molecule has 4 nitrogen and oxygen atoms in total. The van der Waals surface area contributed by atoms with E-state index in [4.69, 9.17) is 0 Å². The van der Waals surface area contributed by atoms with Gasteiger partial charge in [-0.2, -0.15) is 0 Å². The number of carbonyl (C=O) groups excluding carboxylic acids is 1. The normalized spacial score (nSPS) is 22.6. The summed E-state index contributed by atoms with van der Waals surface area (Å²) in [6, 6.07) is 16.9. The first kappa shape index (κ1) is 19.3. The maximum Gasteiger partial charge on any atom is 0.223 e. The van der Waals surface area contributed by atoms with Crippen molar-refractivity contribution >= 4 is 23.4 Å². The second-order valence-corrected chi connectivity index (χ2v) is 8.56. The summed E-state index contributed by atoms with van der Waals surface area (Å²) in [4.78, 5) is 16.8. The maximum atomic E-state index is 12.4. The van der Waals surface area contributed by atoms with Crippen LogP contribution in [0.1, 0.15) is 31.4 Å². The number of hydrogen-bond donors (Lipinski definition) is 1. The quantitative estimate of drug-likeness (QED) is 0.793. The highest BCUT2D eigenvalue weighted by Gasteiger charge is 2.57. The topological polar surface area (TPSA) is 35.6 Å². The number of benzene rings is 2. The third-order valence-corrected chi connectivity index (χ3v) is 6.29. The van der Waals surface area contributed by atoms with Crippen LogP contribution in [0.15, 0.2) is 66.8 Å². The molecular weight excluding hydrogens is 358 g/mol. The monoisotopic (exact) mass is 387 g/mol. The van der Waals surface area contributed by atoms with Crippen LogP contribution < -0.4 is 15.1 Å². The number of hydrogen-bond acceptors (Lipinski definition) is 3. The van der Waals surface area contributed by atoms with Gasteiger partial charge in [-0.3, -0.25) is 4.79 Å². The van der Waals surface area contributed by atoms with Gasteiger partial charge in [0.25, 0.3) is 0 Å². The molecule has 0 unspecified atom stereocenters. The van der Waals surface area contributed by atoms with Gasteiger partial charge in [0.1, 0.15) is 5.66 Å². The molecule has 2 heterocycles. The van der Waals surface area contributed by atoms with Gasteiger partial charge in [-0.25, -0.2) is 0 Å². The second kappa shape index (κ2) is 7.11. The van der Waals surface area contributed by atoms with Crippen molar-refractivity contribution in [3.63, 3.8) is 0 Å².